The molecule has 0 saturated carbocycles. The fraction of sp³-hybridized carbons (Fsp3) is 0.200. The monoisotopic (exact) mass is 335 g/mol. The van der Waals surface area contributed by atoms with E-state index in [1.165, 1.54) is 27.8 Å². The molecule has 0 amide bonds. The van der Waals surface area contributed by atoms with E-state index >= 15 is 0 Å². The summed E-state index contributed by atoms with van der Waals surface area (Å²) in [6.45, 7) is 1.71. The summed E-state index contributed by atoms with van der Waals surface area (Å²) in [5.41, 5.74) is -0.935. The lowest BCUT2D eigenvalue weighted by Gasteiger charge is -2.16. The fourth-order valence-corrected chi connectivity index (χ4v) is 2.29. The molecule has 1 aromatic carbocycles. The van der Waals surface area contributed by atoms with Crippen LogP contribution in [0.2, 0.25) is 0 Å². The molecule has 3 aromatic rings. The standard InChI is InChI=1S/C15H12F3N5O/c1-10(13-19-7-2-8-20-13)23-14(24)21-9-22(23)12-5-3-11(4-6-12)15(16,17)18/h2-10H,1H3. The lowest BCUT2D eigenvalue weighted by molar-refractivity contribution is -0.137. The molecule has 0 aliphatic rings. The number of alkyl halides is 3. The van der Waals surface area contributed by atoms with E-state index in [9.17, 15) is 18.0 Å². The van der Waals surface area contributed by atoms with E-state index in [0.717, 1.165) is 12.1 Å². The number of aromatic nitrogens is 5. The molecule has 9 heteroatoms. The zero-order valence-electron chi connectivity index (χ0n) is 12.5. The van der Waals surface area contributed by atoms with Crippen LogP contribution in [0.1, 0.15) is 24.4 Å². The molecule has 2 aromatic heterocycles. The van der Waals surface area contributed by atoms with Gasteiger partial charge in [-0.15, -0.1) is 0 Å². The Morgan fingerprint density at radius 3 is 2.25 bits per heavy atom. The van der Waals surface area contributed by atoms with Crippen LogP contribution in [0.15, 0.2) is 53.8 Å². The van der Waals surface area contributed by atoms with Crippen molar-refractivity contribution in [3.8, 4) is 5.69 Å². The minimum Gasteiger partial charge on any atom is -0.244 e. The van der Waals surface area contributed by atoms with E-state index in [-0.39, 0.29) is 0 Å². The summed E-state index contributed by atoms with van der Waals surface area (Å²) < 4.78 is 40.6. The third-order valence-electron chi connectivity index (χ3n) is 3.49. The predicted molar refractivity (Wildman–Crippen MR) is 78.7 cm³/mol. The lowest BCUT2D eigenvalue weighted by atomic mass is 10.2. The number of benzene rings is 1. The number of halogens is 3. The van der Waals surface area contributed by atoms with Crippen LogP contribution in [-0.2, 0) is 6.18 Å². The molecule has 0 radical (unpaired) electrons. The molecule has 1 atom stereocenters. The van der Waals surface area contributed by atoms with Gasteiger partial charge in [-0.25, -0.2) is 24.1 Å². The summed E-state index contributed by atoms with van der Waals surface area (Å²) in [5.74, 6) is 0.397. The molecule has 0 bridgehead atoms. The van der Waals surface area contributed by atoms with E-state index < -0.39 is 23.5 Å². The van der Waals surface area contributed by atoms with E-state index in [4.69, 9.17) is 0 Å². The Balaban J connectivity index is 2.03. The number of rotatable bonds is 3. The molecule has 2 heterocycles. The average molecular weight is 335 g/mol. The first-order valence-corrected chi connectivity index (χ1v) is 6.98. The smallest absolute Gasteiger partial charge is 0.244 e. The summed E-state index contributed by atoms with van der Waals surface area (Å²) in [4.78, 5) is 23.9. The number of hydrogen-bond acceptors (Lipinski definition) is 4. The van der Waals surface area contributed by atoms with Gasteiger partial charge >= 0.3 is 11.9 Å². The molecule has 6 nitrogen and oxygen atoms in total. The molecular weight excluding hydrogens is 323 g/mol. The minimum atomic E-state index is -4.42. The van der Waals surface area contributed by atoms with Crippen LogP contribution in [0.3, 0.4) is 0 Å². The van der Waals surface area contributed by atoms with E-state index in [1.807, 2.05) is 0 Å². The topological polar surface area (TPSA) is 65.6 Å². The molecule has 24 heavy (non-hydrogen) atoms. The Hall–Kier alpha value is -2.97. The van der Waals surface area contributed by atoms with Crippen molar-refractivity contribution in [1.29, 1.82) is 0 Å². The Bertz CT molecular complexity index is 884. The average Bonchev–Trinajstić information content (AvgIpc) is 2.96. The molecule has 0 spiro atoms. The van der Waals surface area contributed by atoms with Crippen molar-refractivity contribution >= 4 is 0 Å². The predicted octanol–water partition coefficient (Wildman–Crippen LogP) is 2.45. The van der Waals surface area contributed by atoms with Crippen molar-refractivity contribution in [2.24, 2.45) is 0 Å². The molecule has 0 aliphatic carbocycles. The molecule has 0 fully saturated rings. The first-order chi connectivity index (χ1) is 11.4. The van der Waals surface area contributed by atoms with Crippen molar-refractivity contribution < 1.29 is 13.2 Å². The Morgan fingerprint density at radius 1 is 1.04 bits per heavy atom. The summed E-state index contributed by atoms with van der Waals surface area (Å²) in [7, 11) is 0. The van der Waals surface area contributed by atoms with Gasteiger partial charge in [0, 0.05) is 12.4 Å². The molecular formula is C15H12F3N5O. The Kier molecular flexibility index (Phi) is 3.92. The minimum absolute atomic E-state index is 0.375. The Morgan fingerprint density at radius 2 is 1.67 bits per heavy atom. The van der Waals surface area contributed by atoms with Crippen LogP contribution in [0.25, 0.3) is 5.69 Å². The first kappa shape index (κ1) is 15.9. The van der Waals surface area contributed by atoms with Gasteiger partial charge in [0.1, 0.15) is 12.4 Å². The third kappa shape index (κ3) is 2.92. The maximum atomic E-state index is 12.7. The van der Waals surface area contributed by atoms with Crippen LogP contribution < -0.4 is 5.69 Å². The van der Waals surface area contributed by atoms with Gasteiger partial charge < -0.3 is 0 Å². The number of nitrogens with zero attached hydrogens (tertiary/aromatic N) is 5. The summed E-state index contributed by atoms with van der Waals surface area (Å²) in [6, 6.07) is 5.56. The van der Waals surface area contributed by atoms with Crippen molar-refractivity contribution in [3.63, 3.8) is 0 Å². The Labute approximate surface area is 134 Å². The second kappa shape index (κ2) is 5.91. The summed E-state index contributed by atoms with van der Waals surface area (Å²) in [5, 5.41) is 0. The summed E-state index contributed by atoms with van der Waals surface area (Å²) >= 11 is 0. The quantitative estimate of drug-likeness (QED) is 0.737. The highest BCUT2D eigenvalue weighted by molar-refractivity contribution is 5.34. The van der Waals surface area contributed by atoms with Crippen LogP contribution >= 0.6 is 0 Å². The molecule has 0 saturated heterocycles. The van der Waals surface area contributed by atoms with Crippen molar-refractivity contribution in [3.05, 3.63) is 70.9 Å². The SMILES string of the molecule is CC(c1ncccn1)n1c(=O)ncn1-c1ccc(C(F)(F)F)cc1. The number of hydrogen-bond donors (Lipinski definition) is 0. The van der Waals surface area contributed by atoms with Crippen LogP contribution in [-0.4, -0.2) is 24.3 Å². The molecule has 0 aliphatic heterocycles. The van der Waals surface area contributed by atoms with Crippen molar-refractivity contribution in [2.75, 3.05) is 0 Å². The highest BCUT2D eigenvalue weighted by Gasteiger charge is 2.30. The van der Waals surface area contributed by atoms with Crippen molar-refractivity contribution in [1.82, 2.24) is 24.3 Å². The van der Waals surface area contributed by atoms with Gasteiger partial charge in [-0.3, -0.25) is 0 Å². The fourth-order valence-electron chi connectivity index (χ4n) is 2.29. The van der Waals surface area contributed by atoms with E-state index in [1.54, 1.807) is 25.4 Å². The second-order valence-corrected chi connectivity index (χ2v) is 5.04. The third-order valence-corrected chi connectivity index (χ3v) is 3.49. The van der Waals surface area contributed by atoms with Gasteiger partial charge in [0.25, 0.3) is 0 Å². The van der Waals surface area contributed by atoms with Crippen LogP contribution in [0.4, 0.5) is 13.2 Å². The highest BCUT2D eigenvalue weighted by atomic mass is 19.4. The van der Waals surface area contributed by atoms with Gasteiger partial charge in [-0.05, 0) is 37.3 Å². The largest absolute Gasteiger partial charge is 0.416 e. The molecule has 1 unspecified atom stereocenters. The van der Waals surface area contributed by atoms with E-state index in [0.29, 0.717) is 11.5 Å². The van der Waals surface area contributed by atoms with Crippen molar-refractivity contribution in [2.45, 2.75) is 19.1 Å². The lowest BCUT2D eigenvalue weighted by Crippen LogP contribution is -2.28. The maximum absolute atomic E-state index is 12.7. The van der Waals surface area contributed by atoms with Gasteiger partial charge in [0.05, 0.1) is 11.3 Å². The van der Waals surface area contributed by atoms with Gasteiger partial charge in [0.2, 0.25) is 0 Å². The normalized spacial score (nSPS) is 13.0. The van der Waals surface area contributed by atoms with Gasteiger partial charge in [-0.1, -0.05) is 0 Å². The van der Waals surface area contributed by atoms with Gasteiger partial charge in [0.15, 0.2) is 5.82 Å². The zero-order chi connectivity index (χ0) is 17.3. The zero-order valence-corrected chi connectivity index (χ0v) is 12.5. The molecule has 0 N–H and O–H groups in total. The van der Waals surface area contributed by atoms with Crippen LogP contribution in [0.5, 0.6) is 0 Å². The highest BCUT2D eigenvalue weighted by Crippen LogP contribution is 2.29. The first-order valence-electron chi connectivity index (χ1n) is 6.98. The maximum Gasteiger partial charge on any atom is 0.416 e. The molecule has 3 rings (SSSR count). The molecule has 124 valence electrons. The summed E-state index contributed by atoms with van der Waals surface area (Å²) in [6.07, 6.45) is -0.0753. The van der Waals surface area contributed by atoms with E-state index in [2.05, 4.69) is 15.0 Å². The van der Waals surface area contributed by atoms with Crippen LogP contribution in [0, 0.1) is 0 Å². The van der Waals surface area contributed by atoms with Gasteiger partial charge in [-0.2, -0.15) is 18.2 Å². The second-order valence-electron chi connectivity index (χ2n) is 5.04.